The zero-order chi connectivity index (χ0) is 13.0. The third-order valence-corrected chi connectivity index (χ3v) is 2.48. The molecular formula is C13H13N5. The first-order chi connectivity index (χ1) is 8.69. The first kappa shape index (κ1) is 11.9. The predicted octanol–water partition coefficient (Wildman–Crippen LogP) is 1.85. The molecule has 0 aliphatic rings. The monoisotopic (exact) mass is 239 g/mol. The van der Waals surface area contributed by atoms with E-state index in [2.05, 4.69) is 15.3 Å². The van der Waals surface area contributed by atoms with Crippen molar-refractivity contribution in [3.05, 3.63) is 47.5 Å². The largest absolute Gasteiger partial charge is 0.397 e. The van der Waals surface area contributed by atoms with Crippen molar-refractivity contribution >= 4 is 11.4 Å². The molecule has 18 heavy (non-hydrogen) atoms. The maximum atomic E-state index is 8.74. The van der Waals surface area contributed by atoms with Gasteiger partial charge in [0.2, 0.25) is 0 Å². The van der Waals surface area contributed by atoms with E-state index in [0.717, 1.165) is 17.1 Å². The van der Waals surface area contributed by atoms with Crippen LogP contribution >= 0.6 is 0 Å². The molecule has 0 saturated carbocycles. The summed E-state index contributed by atoms with van der Waals surface area (Å²) in [6.45, 7) is 2.44. The van der Waals surface area contributed by atoms with Gasteiger partial charge in [-0.1, -0.05) is 0 Å². The Hall–Kier alpha value is -2.61. The van der Waals surface area contributed by atoms with Crippen LogP contribution in [-0.2, 0) is 6.54 Å². The fourth-order valence-corrected chi connectivity index (χ4v) is 1.49. The molecule has 5 nitrogen and oxygen atoms in total. The number of hydrogen-bond donors (Lipinski definition) is 2. The number of aryl methyl sites for hydroxylation is 1. The molecule has 2 rings (SSSR count). The van der Waals surface area contributed by atoms with E-state index in [1.165, 1.54) is 0 Å². The normalized spacial score (nSPS) is 9.78. The van der Waals surface area contributed by atoms with Gasteiger partial charge in [0.1, 0.15) is 0 Å². The van der Waals surface area contributed by atoms with Crippen LogP contribution in [0.15, 0.2) is 30.6 Å². The molecule has 0 atom stereocenters. The minimum absolute atomic E-state index is 0.545. The molecule has 0 saturated heterocycles. The Morgan fingerprint density at radius 2 is 2.17 bits per heavy atom. The Kier molecular flexibility index (Phi) is 3.39. The van der Waals surface area contributed by atoms with Crippen LogP contribution in [-0.4, -0.2) is 9.97 Å². The number of rotatable bonds is 3. The van der Waals surface area contributed by atoms with Crippen molar-refractivity contribution in [2.75, 3.05) is 11.1 Å². The molecule has 2 aromatic rings. The third-order valence-electron chi connectivity index (χ3n) is 2.48. The van der Waals surface area contributed by atoms with Gasteiger partial charge in [-0.2, -0.15) is 5.26 Å². The SMILES string of the molecule is Cc1cnc(CNc2ccc(C#N)cc2N)cn1. The van der Waals surface area contributed by atoms with Crippen LogP contribution < -0.4 is 11.1 Å². The highest BCUT2D eigenvalue weighted by Crippen LogP contribution is 2.19. The van der Waals surface area contributed by atoms with E-state index < -0.39 is 0 Å². The van der Waals surface area contributed by atoms with Gasteiger partial charge in [-0.25, -0.2) is 0 Å². The Bertz CT molecular complexity index is 583. The van der Waals surface area contributed by atoms with Gasteiger partial charge >= 0.3 is 0 Å². The second kappa shape index (κ2) is 5.15. The summed E-state index contributed by atoms with van der Waals surface area (Å²) >= 11 is 0. The number of nitrogens with one attached hydrogen (secondary N) is 1. The quantitative estimate of drug-likeness (QED) is 0.798. The van der Waals surface area contributed by atoms with Crippen LogP contribution in [0, 0.1) is 18.3 Å². The van der Waals surface area contributed by atoms with Crippen molar-refractivity contribution in [2.45, 2.75) is 13.5 Å². The molecule has 1 heterocycles. The second-order valence-corrected chi connectivity index (χ2v) is 3.92. The van der Waals surface area contributed by atoms with Gasteiger partial charge in [0.05, 0.1) is 47.1 Å². The van der Waals surface area contributed by atoms with E-state index in [4.69, 9.17) is 11.0 Å². The fraction of sp³-hybridized carbons (Fsp3) is 0.154. The fourth-order valence-electron chi connectivity index (χ4n) is 1.49. The summed E-state index contributed by atoms with van der Waals surface area (Å²) < 4.78 is 0. The van der Waals surface area contributed by atoms with Gasteiger partial charge in [0, 0.05) is 6.20 Å². The van der Waals surface area contributed by atoms with Gasteiger partial charge in [-0.3, -0.25) is 9.97 Å². The minimum Gasteiger partial charge on any atom is -0.397 e. The van der Waals surface area contributed by atoms with Crippen molar-refractivity contribution in [1.29, 1.82) is 5.26 Å². The first-order valence-corrected chi connectivity index (χ1v) is 5.50. The highest BCUT2D eigenvalue weighted by atomic mass is 14.9. The van der Waals surface area contributed by atoms with E-state index in [9.17, 15) is 0 Å². The summed E-state index contributed by atoms with van der Waals surface area (Å²) in [6, 6.07) is 7.20. The molecule has 3 N–H and O–H groups in total. The number of nitrogen functional groups attached to an aromatic ring is 1. The highest BCUT2D eigenvalue weighted by molar-refractivity contribution is 5.68. The molecule has 0 bridgehead atoms. The maximum absolute atomic E-state index is 8.74. The molecule has 1 aromatic carbocycles. The van der Waals surface area contributed by atoms with E-state index in [-0.39, 0.29) is 0 Å². The third kappa shape index (κ3) is 2.74. The molecule has 0 radical (unpaired) electrons. The molecule has 90 valence electrons. The summed E-state index contributed by atoms with van der Waals surface area (Å²) in [5, 5.41) is 11.9. The smallest absolute Gasteiger partial charge is 0.0992 e. The lowest BCUT2D eigenvalue weighted by molar-refractivity contribution is 0.985. The molecule has 0 unspecified atom stereocenters. The first-order valence-electron chi connectivity index (χ1n) is 5.50. The number of aromatic nitrogens is 2. The van der Waals surface area contributed by atoms with Gasteiger partial charge < -0.3 is 11.1 Å². The molecule has 0 aliphatic heterocycles. The number of nitrogens with two attached hydrogens (primary N) is 1. The molecule has 0 fully saturated rings. The lowest BCUT2D eigenvalue weighted by Crippen LogP contribution is -2.04. The molecule has 1 aromatic heterocycles. The zero-order valence-electron chi connectivity index (χ0n) is 10.0. The summed E-state index contributed by atoms with van der Waals surface area (Å²) in [5.41, 5.74) is 9.45. The number of nitriles is 1. The van der Waals surface area contributed by atoms with Gasteiger partial charge in [0.15, 0.2) is 0 Å². The summed E-state index contributed by atoms with van der Waals surface area (Å²) in [5.74, 6) is 0. The van der Waals surface area contributed by atoms with Gasteiger partial charge in [0.25, 0.3) is 0 Å². The topological polar surface area (TPSA) is 87.6 Å². The van der Waals surface area contributed by atoms with E-state index >= 15 is 0 Å². The zero-order valence-corrected chi connectivity index (χ0v) is 10.0. The molecule has 0 amide bonds. The Balaban J connectivity index is 2.06. The van der Waals surface area contributed by atoms with Crippen molar-refractivity contribution in [2.24, 2.45) is 0 Å². The van der Waals surface area contributed by atoms with Crippen molar-refractivity contribution in [1.82, 2.24) is 9.97 Å². The lowest BCUT2D eigenvalue weighted by atomic mass is 10.2. The molecular weight excluding hydrogens is 226 g/mol. The number of nitrogens with zero attached hydrogens (tertiary/aromatic N) is 3. The number of benzene rings is 1. The highest BCUT2D eigenvalue weighted by Gasteiger charge is 2.01. The van der Waals surface area contributed by atoms with E-state index in [1.807, 2.05) is 13.0 Å². The van der Waals surface area contributed by atoms with Gasteiger partial charge in [-0.15, -0.1) is 0 Å². The van der Waals surface area contributed by atoms with E-state index in [0.29, 0.717) is 17.8 Å². The average molecular weight is 239 g/mol. The van der Waals surface area contributed by atoms with Crippen LogP contribution in [0.3, 0.4) is 0 Å². The molecule has 0 aliphatic carbocycles. The van der Waals surface area contributed by atoms with Crippen molar-refractivity contribution in [3.8, 4) is 6.07 Å². The van der Waals surface area contributed by atoms with E-state index in [1.54, 1.807) is 30.6 Å². The summed E-state index contributed by atoms with van der Waals surface area (Å²) in [4.78, 5) is 8.40. The number of hydrogen-bond acceptors (Lipinski definition) is 5. The van der Waals surface area contributed by atoms with Crippen LogP contribution in [0.5, 0.6) is 0 Å². The van der Waals surface area contributed by atoms with Crippen LogP contribution in [0.2, 0.25) is 0 Å². The van der Waals surface area contributed by atoms with Crippen LogP contribution in [0.25, 0.3) is 0 Å². The Morgan fingerprint density at radius 3 is 2.78 bits per heavy atom. The summed E-state index contributed by atoms with van der Waals surface area (Å²) in [6.07, 6.45) is 3.45. The number of anilines is 2. The standard InChI is InChI=1S/C13H13N5/c1-9-6-17-11(7-16-9)8-18-13-3-2-10(5-14)4-12(13)15/h2-4,6-7,18H,8,15H2,1H3. The predicted molar refractivity (Wildman–Crippen MR) is 69.7 cm³/mol. The minimum atomic E-state index is 0.545. The van der Waals surface area contributed by atoms with Gasteiger partial charge in [-0.05, 0) is 25.1 Å². The Labute approximate surface area is 105 Å². The Morgan fingerprint density at radius 1 is 1.33 bits per heavy atom. The second-order valence-electron chi connectivity index (χ2n) is 3.92. The lowest BCUT2D eigenvalue weighted by Gasteiger charge is -2.08. The van der Waals surface area contributed by atoms with Crippen molar-refractivity contribution < 1.29 is 0 Å². The molecule has 0 spiro atoms. The van der Waals surface area contributed by atoms with Crippen molar-refractivity contribution in [3.63, 3.8) is 0 Å². The van der Waals surface area contributed by atoms with Crippen LogP contribution in [0.1, 0.15) is 17.0 Å². The molecule has 5 heteroatoms. The summed E-state index contributed by atoms with van der Waals surface area (Å²) in [7, 11) is 0. The van der Waals surface area contributed by atoms with Crippen LogP contribution in [0.4, 0.5) is 11.4 Å². The average Bonchev–Trinajstić information content (AvgIpc) is 2.39. The maximum Gasteiger partial charge on any atom is 0.0992 e.